The number of benzene rings is 2. The fourth-order valence-corrected chi connectivity index (χ4v) is 2.20. The summed E-state index contributed by atoms with van der Waals surface area (Å²) in [5, 5.41) is 2.98. The van der Waals surface area contributed by atoms with Gasteiger partial charge in [0.05, 0.1) is 5.56 Å². The van der Waals surface area contributed by atoms with Crippen LogP contribution in [-0.2, 0) is 0 Å². The van der Waals surface area contributed by atoms with Crippen LogP contribution in [0, 0.1) is 13.8 Å². The molecule has 1 N–H and O–H groups in total. The van der Waals surface area contributed by atoms with Crippen LogP contribution in [0.5, 0.6) is 0 Å². The van der Waals surface area contributed by atoms with Crippen molar-refractivity contribution >= 4 is 17.3 Å². The molecule has 0 saturated carbocycles. The Morgan fingerprint density at radius 2 is 1.75 bits per heavy atom. The average Bonchev–Trinajstić information content (AvgIpc) is 2.41. The standard InChI is InChI=1S/C17H20N2O/c1-12-9-10-15(13(2)11-12)18-17(20)14-7-5-6-8-16(14)19(3)4/h5-11H,1-4H3,(H,18,20). The summed E-state index contributed by atoms with van der Waals surface area (Å²) >= 11 is 0. The number of aryl methyl sites for hydroxylation is 2. The topological polar surface area (TPSA) is 32.3 Å². The third-order valence-corrected chi connectivity index (χ3v) is 3.26. The summed E-state index contributed by atoms with van der Waals surface area (Å²) in [6.45, 7) is 4.04. The Bertz CT molecular complexity index is 633. The highest BCUT2D eigenvalue weighted by atomic mass is 16.1. The number of carbonyl (C=O) groups excluding carboxylic acids is 1. The molecule has 104 valence electrons. The molecule has 2 rings (SSSR count). The zero-order valence-electron chi connectivity index (χ0n) is 12.4. The predicted octanol–water partition coefficient (Wildman–Crippen LogP) is 3.62. The predicted molar refractivity (Wildman–Crippen MR) is 84.6 cm³/mol. The summed E-state index contributed by atoms with van der Waals surface area (Å²) in [5.74, 6) is -0.0822. The van der Waals surface area contributed by atoms with Crippen molar-refractivity contribution in [2.24, 2.45) is 0 Å². The van der Waals surface area contributed by atoms with E-state index in [1.165, 1.54) is 5.56 Å². The largest absolute Gasteiger partial charge is 0.377 e. The molecule has 0 heterocycles. The zero-order chi connectivity index (χ0) is 14.7. The highest BCUT2D eigenvalue weighted by Crippen LogP contribution is 2.21. The van der Waals surface area contributed by atoms with Crippen LogP contribution >= 0.6 is 0 Å². The van der Waals surface area contributed by atoms with Crippen LogP contribution in [-0.4, -0.2) is 20.0 Å². The number of nitrogens with zero attached hydrogens (tertiary/aromatic N) is 1. The van der Waals surface area contributed by atoms with Crippen molar-refractivity contribution < 1.29 is 4.79 Å². The van der Waals surface area contributed by atoms with E-state index < -0.39 is 0 Å². The summed E-state index contributed by atoms with van der Waals surface area (Å²) in [7, 11) is 3.87. The van der Waals surface area contributed by atoms with Crippen LogP contribution in [0.2, 0.25) is 0 Å². The molecular weight excluding hydrogens is 248 g/mol. The number of nitrogens with one attached hydrogen (secondary N) is 1. The molecule has 0 saturated heterocycles. The van der Waals surface area contributed by atoms with Crippen molar-refractivity contribution in [3.8, 4) is 0 Å². The van der Waals surface area contributed by atoms with E-state index in [4.69, 9.17) is 0 Å². The van der Waals surface area contributed by atoms with Gasteiger partial charge in [0.2, 0.25) is 0 Å². The SMILES string of the molecule is Cc1ccc(NC(=O)c2ccccc2N(C)C)c(C)c1. The molecule has 20 heavy (non-hydrogen) atoms. The second kappa shape index (κ2) is 5.78. The van der Waals surface area contributed by atoms with Gasteiger partial charge in [-0.1, -0.05) is 29.8 Å². The van der Waals surface area contributed by atoms with Crippen LogP contribution in [0.1, 0.15) is 21.5 Å². The van der Waals surface area contributed by atoms with Crippen molar-refractivity contribution in [3.05, 3.63) is 59.2 Å². The van der Waals surface area contributed by atoms with Gasteiger partial charge < -0.3 is 10.2 Å². The number of hydrogen-bond donors (Lipinski definition) is 1. The molecule has 0 aliphatic heterocycles. The van der Waals surface area contributed by atoms with Gasteiger partial charge >= 0.3 is 0 Å². The van der Waals surface area contributed by atoms with Crippen molar-refractivity contribution in [3.63, 3.8) is 0 Å². The maximum atomic E-state index is 12.4. The summed E-state index contributed by atoms with van der Waals surface area (Å²) in [6, 6.07) is 13.6. The number of rotatable bonds is 3. The summed E-state index contributed by atoms with van der Waals surface area (Å²) in [6.07, 6.45) is 0. The first-order chi connectivity index (χ1) is 9.49. The Morgan fingerprint density at radius 1 is 1.05 bits per heavy atom. The van der Waals surface area contributed by atoms with Gasteiger partial charge in [-0.3, -0.25) is 4.79 Å². The Morgan fingerprint density at radius 3 is 2.40 bits per heavy atom. The normalized spacial score (nSPS) is 10.2. The summed E-state index contributed by atoms with van der Waals surface area (Å²) in [5.41, 5.74) is 4.70. The quantitative estimate of drug-likeness (QED) is 0.922. The Kier molecular flexibility index (Phi) is 4.08. The van der Waals surface area contributed by atoms with E-state index in [0.29, 0.717) is 5.56 Å². The second-order valence-corrected chi connectivity index (χ2v) is 5.18. The lowest BCUT2D eigenvalue weighted by Crippen LogP contribution is -2.18. The van der Waals surface area contributed by atoms with Gasteiger partial charge in [-0.25, -0.2) is 0 Å². The third kappa shape index (κ3) is 2.99. The summed E-state index contributed by atoms with van der Waals surface area (Å²) in [4.78, 5) is 14.4. The smallest absolute Gasteiger partial charge is 0.257 e. The lowest BCUT2D eigenvalue weighted by Gasteiger charge is -2.17. The Hall–Kier alpha value is -2.29. The lowest BCUT2D eigenvalue weighted by atomic mass is 10.1. The number of hydrogen-bond acceptors (Lipinski definition) is 2. The molecule has 3 heteroatoms. The van der Waals surface area contributed by atoms with Crippen LogP contribution in [0.3, 0.4) is 0 Å². The van der Waals surface area contributed by atoms with E-state index in [-0.39, 0.29) is 5.91 Å². The molecule has 0 radical (unpaired) electrons. The van der Waals surface area contributed by atoms with Crippen LogP contribution in [0.25, 0.3) is 0 Å². The number of amides is 1. The summed E-state index contributed by atoms with van der Waals surface area (Å²) < 4.78 is 0. The van der Waals surface area contributed by atoms with E-state index >= 15 is 0 Å². The molecule has 0 atom stereocenters. The first-order valence-corrected chi connectivity index (χ1v) is 6.64. The van der Waals surface area contributed by atoms with Crippen molar-refractivity contribution in [2.45, 2.75) is 13.8 Å². The minimum atomic E-state index is -0.0822. The van der Waals surface area contributed by atoms with Crippen LogP contribution < -0.4 is 10.2 Å². The third-order valence-electron chi connectivity index (χ3n) is 3.26. The maximum absolute atomic E-state index is 12.4. The molecule has 2 aromatic rings. The second-order valence-electron chi connectivity index (χ2n) is 5.18. The van der Waals surface area contributed by atoms with Gasteiger partial charge in [-0.15, -0.1) is 0 Å². The highest BCUT2D eigenvalue weighted by molar-refractivity contribution is 6.08. The molecule has 0 unspecified atom stereocenters. The zero-order valence-corrected chi connectivity index (χ0v) is 12.4. The fraction of sp³-hybridized carbons (Fsp3) is 0.235. The van der Waals surface area contributed by atoms with E-state index in [1.54, 1.807) is 0 Å². The van der Waals surface area contributed by atoms with Gasteiger partial charge in [0, 0.05) is 25.5 Å². The highest BCUT2D eigenvalue weighted by Gasteiger charge is 2.13. The van der Waals surface area contributed by atoms with Crippen LogP contribution in [0.4, 0.5) is 11.4 Å². The van der Waals surface area contributed by atoms with Gasteiger partial charge in [0.25, 0.3) is 5.91 Å². The van der Waals surface area contributed by atoms with E-state index in [1.807, 2.05) is 69.2 Å². The molecule has 0 aliphatic carbocycles. The number of carbonyl (C=O) groups is 1. The average molecular weight is 268 g/mol. The van der Waals surface area contributed by atoms with Gasteiger partial charge in [-0.05, 0) is 37.6 Å². The molecule has 0 fully saturated rings. The van der Waals surface area contributed by atoms with Gasteiger partial charge in [0.1, 0.15) is 0 Å². The molecule has 2 aromatic carbocycles. The van der Waals surface area contributed by atoms with Crippen LogP contribution in [0.15, 0.2) is 42.5 Å². The first kappa shape index (κ1) is 14.1. The Balaban J connectivity index is 2.29. The van der Waals surface area contributed by atoms with Crippen molar-refractivity contribution in [1.82, 2.24) is 0 Å². The van der Waals surface area contributed by atoms with Gasteiger partial charge in [-0.2, -0.15) is 0 Å². The van der Waals surface area contributed by atoms with E-state index in [0.717, 1.165) is 16.9 Å². The van der Waals surface area contributed by atoms with E-state index in [9.17, 15) is 4.79 Å². The number of para-hydroxylation sites is 1. The number of anilines is 2. The Labute approximate surface area is 120 Å². The lowest BCUT2D eigenvalue weighted by molar-refractivity contribution is 0.102. The minimum absolute atomic E-state index is 0.0822. The molecule has 1 amide bonds. The molecule has 0 spiro atoms. The molecule has 0 bridgehead atoms. The molecular formula is C17H20N2O. The van der Waals surface area contributed by atoms with Crippen molar-refractivity contribution in [2.75, 3.05) is 24.3 Å². The van der Waals surface area contributed by atoms with E-state index in [2.05, 4.69) is 11.4 Å². The minimum Gasteiger partial charge on any atom is -0.377 e. The van der Waals surface area contributed by atoms with Crippen molar-refractivity contribution in [1.29, 1.82) is 0 Å². The first-order valence-electron chi connectivity index (χ1n) is 6.64. The monoisotopic (exact) mass is 268 g/mol. The fourth-order valence-electron chi connectivity index (χ4n) is 2.20. The maximum Gasteiger partial charge on any atom is 0.257 e. The molecule has 0 aromatic heterocycles. The molecule has 3 nitrogen and oxygen atoms in total. The molecule has 0 aliphatic rings. The van der Waals surface area contributed by atoms with Gasteiger partial charge in [0.15, 0.2) is 0 Å².